The molecular formula is C52H65F3N8O8. The van der Waals surface area contributed by atoms with E-state index in [1.165, 1.54) is 37.3 Å². The van der Waals surface area contributed by atoms with Gasteiger partial charge in [-0.3, -0.25) is 9.59 Å². The van der Waals surface area contributed by atoms with E-state index in [0.29, 0.717) is 86.5 Å². The predicted octanol–water partition coefficient (Wildman–Crippen LogP) is 9.09. The van der Waals surface area contributed by atoms with E-state index in [9.17, 15) is 32.3 Å². The van der Waals surface area contributed by atoms with Crippen molar-refractivity contribution in [1.29, 1.82) is 0 Å². The molecule has 1 N–H and O–H groups in total. The fourth-order valence-corrected chi connectivity index (χ4v) is 7.89. The van der Waals surface area contributed by atoms with Crippen molar-refractivity contribution in [3.05, 3.63) is 101 Å². The number of ether oxygens (including phenoxy) is 2. The van der Waals surface area contributed by atoms with Crippen LogP contribution in [0.3, 0.4) is 0 Å². The third-order valence-electron chi connectivity index (χ3n) is 11.4. The van der Waals surface area contributed by atoms with Crippen molar-refractivity contribution in [1.82, 2.24) is 25.4 Å². The third kappa shape index (κ3) is 15.3. The van der Waals surface area contributed by atoms with Crippen LogP contribution in [0.5, 0.6) is 0 Å². The number of benzene rings is 3. The number of nitrogens with one attached hydrogen (secondary N) is 1. The number of aryl methyl sites for hydroxylation is 2. The number of halogens is 3. The normalized spacial score (nSPS) is 15.3. The first-order chi connectivity index (χ1) is 33.5. The minimum atomic E-state index is -0.564. The van der Waals surface area contributed by atoms with Crippen LogP contribution in [-0.4, -0.2) is 134 Å². The van der Waals surface area contributed by atoms with Crippen LogP contribution in [-0.2, 0) is 14.3 Å². The summed E-state index contributed by atoms with van der Waals surface area (Å²) in [7, 11) is 0. The zero-order valence-electron chi connectivity index (χ0n) is 42.1. The van der Waals surface area contributed by atoms with Gasteiger partial charge in [0.15, 0.2) is 17.3 Å². The molecule has 16 nitrogen and oxygen atoms in total. The van der Waals surface area contributed by atoms with Gasteiger partial charge in [0.2, 0.25) is 0 Å². The van der Waals surface area contributed by atoms with Gasteiger partial charge in [0.25, 0.3) is 0 Å². The lowest BCUT2D eigenvalue weighted by molar-refractivity contribution is -0.116. The molecule has 2 aromatic heterocycles. The number of hydrogen-bond donors (Lipinski definition) is 1. The third-order valence-corrected chi connectivity index (χ3v) is 11.4. The van der Waals surface area contributed by atoms with Crippen LogP contribution in [0.4, 0.5) is 39.8 Å². The van der Waals surface area contributed by atoms with Gasteiger partial charge in [-0.25, -0.2) is 22.8 Å². The van der Waals surface area contributed by atoms with Gasteiger partial charge in [-0.2, -0.15) is 0 Å². The number of amides is 2. The maximum Gasteiger partial charge on any atom is 0.410 e. The molecule has 0 unspecified atom stereocenters. The highest BCUT2D eigenvalue weighted by Crippen LogP contribution is 2.31. The summed E-state index contributed by atoms with van der Waals surface area (Å²) in [5, 5.41) is 11.0. The SMILES string of the molecule is CC(=O)CC(=O)c1ccc(F)c(N2CCN(C(=O)OC(C)(C)C)CC2)c1.Cc1cc(-c2ccc(F)c(N3CCN(C(=O)OC(C)(C)C)CC3)c2)on1.Cc1cc(-c2ccc(F)c(N3CCNCC3)c2)on1. The van der Waals surface area contributed by atoms with Crippen LogP contribution >= 0.6 is 0 Å². The number of piperazine rings is 3. The topological polar surface area (TPSA) is 167 Å². The van der Waals surface area contributed by atoms with Crippen LogP contribution in [0, 0.1) is 31.3 Å². The monoisotopic (exact) mass is 986 g/mol. The van der Waals surface area contributed by atoms with Crippen LogP contribution in [0.25, 0.3) is 22.6 Å². The summed E-state index contributed by atoms with van der Waals surface area (Å²) in [5.41, 5.74) is 3.89. The lowest BCUT2D eigenvalue weighted by Gasteiger charge is -2.37. The van der Waals surface area contributed by atoms with E-state index >= 15 is 0 Å². The van der Waals surface area contributed by atoms with Gasteiger partial charge in [-0.15, -0.1) is 0 Å². The van der Waals surface area contributed by atoms with Gasteiger partial charge in [-0.1, -0.05) is 10.3 Å². The second kappa shape index (κ2) is 23.3. The fraction of sp³-hybridized carbons (Fsp3) is 0.462. The van der Waals surface area contributed by atoms with Crippen molar-refractivity contribution in [2.45, 2.75) is 79.9 Å². The Balaban J connectivity index is 0.000000177. The van der Waals surface area contributed by atoms with Gasteiger partial charge in [0.1, 0.15) is 34.4 Å². The maximum absolute atomic E-state index is 14.4. The number of rotatable bonds is 8. The molecule has 3 saturated heterocycles. The molecule has 0 saturated carbocycles. The van der Waals surface area contributed by atoms with Crippen molar-refractivity contribution < 1.29 is 50.9 Å². The van der Waals surface area contributed by atoms with E-state index in [2.05, 4.69) is 20.5 Å². The van der Waals surface area contributed by atoms with Crippen LogP contribution in [0.15, 0.2) is 75.8 Å². The predicted molar refractivity (Wildman–Crippen MR) is 264 cm³/mol. The number of anilines is 3. The molecule has 19 heteroatoms. The summed E-state index contributed by atoms with van der Waals surface area (Å²) < 4.78 is 63.8. The molecule has 3 fully saturated rings. The van der Waals surface area contributed by atoms with E-state index < -0.39 is 17.0 Å². The first-order valence-corrected chi connectivity index (χ1v) is 23.7. The number of ketones is 2. The average Bonchev–Trinajstić information content (AvgIpc) is 3.97. The summed E-state index contributed by atoms with van der Waals surface area (Å²) in [4.78, 5) is 56.5. The first-order valence-electron chi connectivity index (χ1n) is 23.7. The number of carbonyl (C=O) groups is 4. The van der Waals surface area contributed by atoms with E-state index in [0.717, 1.165) is 48.7 Å². The van der Waals surface area contributed by atoms with Crippen molar-refractivity contribution in [2.75, 3.05) is 93.2 Å². The highest BCUT2D eigenvalue weighted by atomic mass is 19.1. The molecule has 382 valence electrons. The van der Waals surface area contributed by atoms with Gasteiger partial charge in [0, 0.05) is 107 Å². The summed E-state index contributed by atoms with van der Waals surface area (Å²) >= 11 is 0. The highest BCUT2D eigenvalue weighted by Gasteiger charge is 2.29. The molecule has 3 aliphatic rings. The first kappa shape index (κ1) is 53.5. The second-order valence-electron chi connectivity index (χ2n) is 19.6. The zero-order valence-corrected chi connectivity index (χ0v) is 42.1. The number of hydrogen-bond acceptors (Lipinski definition) is 14. The number of nitrogens with zero attached hydrogens (tertiary/aromatic N) is 7. The molecule has 8 rings (SSSR count). The fourth-order valence-electron chi connectivity index (χ4n) is 7.89. The Morgan fingerprint density at radius 1 is 0.563 bits per heavy atom. The molecule has 3 aromatic carbocycles. The highest BCUT2D eigenvalue weighted by molar-refractivity contribution is 6.07. The van der Waals surface area contributed by atoms with Gasteiger partial charge < -0.3 is 48.3 Å². The minimum absolute atomic E-state index is 0.193. The molecule has 3 aliphatic heterocycles. The average molecular weight is 987 g/mol. The van der Waals surface area contributed by atoms with Gasteiger partial charge in [0.05, 0.1) is 34.9 Å². The van der Waals surface area contributed by atoms with Crippen molar-refractivity contribution >= 4 is 40.8 Å². The zero-order chi connectivity index (χ0) is 51.6. The molecule has 5 heterocycles. The largest absolute Gasteiger partial charge is 0.444 e. The lowest BCUT2D eigenvalue weighted by Crippen LogP contribution is -2.50. The Bertz CT molecular complexity index is 2640. The summed E-state index contributed by atoms with van der Waals surface area (Å²) in [5.74, 6) is -0.198. The summed E-state index contributed by atoms with van der Waals surface area (Å²) in [6.45, 7) is 23.1. The van der Waals surface area contributed by atoms with E-state index in [-0.39, 0.29) is 41.8 Å². The van der Waals surface area contributed by atoms with E-state index in [1.807, 2.05) is 57.7 Å². The van der Waals surface area contributed by atoms with Gasteiger partial charge in [-0.05, 0) is 117 Å². The van der Waals surface area contributed by atoms with Crippen molar-refractivity contribution in [2.24, 2.45) is 0 Å². The van der Waals surface area contributed by atoms with Crippen LogP contribution in [0.2, 0.25) is 0 Å². The summed E-state index contributed by atoms with van der Waals surface area (Å²) in [6, 6.07) is 17.7. The quantitative estimate of drug-likeness (QED) is 0.116. The van der Waals surface area contributed by atoms with E-state index in [4.69, 9.17) is 18.5 Å². The molecule has 0 aliphatic carbocycles. The molecule has 5 aromatic rings. The van der Waals surface area contributed by atoms with Crippen molar-refractivity contribution in [3.8, 4) is 22.6 Å². The van der Waals surface area contributed by atoms with Crippen LogP contribution < -0.4 is 20.0 Å². The van der Waals surface area contributed by atoms with Crippen molar-refractivity contribution in [3.63, 3.8) is 0 Å². The molecule has 0 bridgehead atoms. The van der Waals surface area contributed by atoms with Gasteiger partial charge >= 0.3 is 12.2 Å². The number of Topliss-reactive ketones (excluding diaryl/α,β-unsaturated/α-hetero) is 2. The molecule has 2 amide bonds. The number of aromatic nitrogens is 2. The smallest absolute Gasteiger partial charge is 0.410 e. The molecule has 0 atom stereocenters. The molecule has 0 spiro atoms. The minimum Gasteiger partial charge on any atom is -0.444 e. The Hall–Kier alpha value is -6.89. The van der Waals surface area contributed by atoms with E-state index in [1.54, 1.807) is 53.7 Å². The lowest BCUT2D eigenvalue weighted by atomic mass is 10.0. The summed E-state index contributed by atoms with van der Waals surface area (Å²) in [6.07, 6.45) is -0.913. The molecule has 0 radical (unpaired) electrons. The molecule has 71 heavy (non-hydrogen) atoms. The number of carbonyl (C=O) groups excluding carboxylic acids is 4. The maximum atomic E-state index is 14.4. The second-order valence-corrected chi connectivity index (χ2v) is 19.6. The Kier molecular flexibility index (Phi) is 17.6. The Morgan fingerprint density at radius 3 is 1.31 bits per heavy atom. The standard InChI is InChI=1S/C19H24FN3O3.C19H25FN2O4.C14H16FN3O/c1-13-11-17(26-21-13)14-5-6-15(20)16(12-14)22-7-9-23(10-8-22)18(24)25-19(2,3)4;1-13(23)11-17(24)14-5-6-15(20)16(12-14)21-7-9-22(10-8-21)18(25)26-19(2,3)4;1-10-8-14(19-17-10)11-2-3-12(15)13(9-11)18-6-4-16-5-7-18/h5-6,11-12H,7-10H2,1-4H3;5-6,12H,7-11H2,1-4H3;2-3,8-9,16H,4-7H2,1H3. The Labute approximate surface area is 413 Å². The van der Waals surface area contributed by atoms with Crippen LogP contribution in [0.1, 0.15) is 76.6 Å². The Morgan fingerprint density at radius 2 is 0.944 bits per heavy atom. The molecular weight excluding hydrogens is 922 g/mol.